The summed E-state index contributed by atoms with van der Waals surface area (Å²) in [6, 6.07) is 10.2. The molecule has 0 saturated carbocycles. The maximum atomic E-state index is 13.3. The van der Waals surface area contributed by atoms with Crippen molar-refractivity contribution in [3.05, 3.63) is 63.1 Å². The summed E-state index contributed by atoms with van der Waals surface area (Å²) in [4.78, 5) is 44.5. The van der Waals surface area contributed by atoms with Crippen molar-refractivity contribution in [2.45, 2.75) is 64.0 Å². The van der Waals surface area contributed by atoms with Crippen molar-refractivity contribution in [2.75, 3.05) is 33.2 Å². The van der Waals surface area contributed by atoms with E-state index in [0.717, 1.165) is 15.4 Å². The molecule has 0 radical (unpaired) electrons. The Labute approximate surface area is 269 Å². The Hall–Kier alpha value is -3.19. The predicted molar refractivity (Wildman–Crippen MR) is 170 cm³/mol. The number of sulfonamides is 1. The maximum absolute atomic E-state index is 13.3. The van der Waals surface area contributed by atoms with E-state index in [1.54, 1.807) is 18.9 Å². The third-order valence-corrected chi connectivity index (χ3v) is 9.69. The standard InChI is InChI=1S/C30H39Cl2N5O6S/c1-20-23(31)13-14-24(27(20)32)44(41,42)36(19-25(33)38)16-7-6-8-26(39)35(5)18-21-9-11-22(12-10-21)28-34-15-17-37(28)29(40)43-30(2,3)4/h9-14H,6-8,15-19H2,1-5H3,(H2,33,38). The van der Waals surface area contributed by atoms with Crippen LogP contribution >= 0.6 is 23.2 Å². The molecule has 0 saturated heterocycles. The molecule has 3 amide bonds. The lowest BCUT2D eigenvalue weighted by atomic mass is 10.1. The normalized spacial score (nSPS) is 13.6. The number of carbonyl (C=O) groups is 3. The minimum Gasteiger partial charge on any atom is -0.443 e. The van der Waals surface area contributed by atoms with E-state index in [9.17, 15) is 22.8 Å². The summed E-state index contributed by atoms with van der Waals surface area (Å²) in [5, 5.41) is 0.301. The second-order valence-corrected chi connectivity index (χ2v) is 14.2. The summed E-state index contributed by atoms with van der Waals surface area (Å²) in [7, 11) is -2.45. The molecular formula is C30H39Cl2N5O6S. The molecule has 2 aromatic rings. The number of nitrogens with zero attached hydrogens (tertiary/aromatic N) is 4. The fourth-order valence-corrected chi connectivity index (χ4v) is 6.73. The molecule has 0 bridgehead atoms. The number of carbonyl (C=O) groups excluding carboxylic acids is 3. The topological polar surface area (TPSA) is 143 Å². The van der Waals surface area contributed by atoms with E-state index in [1.807, 2.05) is 45.0 Å². The molecule has 2 aromatic carbocycles. The average Bonchev–Trinajstić information content (AvgIpc) is 3.43. The van der Waals surface area contributed by atoms with Crippen LogP contribution in [0.25, 0.3) is 0 Å². The lowest BCUT2D eigenvalue weighted by Crippen LogP contribution is -2.39. The molecule has 0 fully saturated rings. The summed E-state index contributed by atoms with van der Waals surface area (Å²) < 4.78 is 33.0. The van der Waals surface area contributed by atoms with Gasteiger partial charge >= 0.3 is 6.09 Å². The van der Waals surface area contributed by atoms with Crippen LogP contribution in [0.1, 0.15) is 56.7 Å². The Balaban J connectivity index is 1.55. The van der Waals surface area contributed by atoms with E-state index >= 15 is 0 Å². The smallest absolute Gasteiger partial charge is 0.416 e. The largest absolute Gasteiger partial charge is 0.443 e. The van der Waals surface area contributed by atoms with Crippen LogP contribution in [0.5, 0.6) is 0 Å². The van der Waals surface area contributed by atoms with Crippen molar-refractivity contribution in [1.82, 2.24) is 14.1 Å². The molecule has 0 aromatic heterocycles. The maximum Gasteiger partial charge on any atom is 0.416 e. The van der Waals surface area contributed by atoms with Gasteiger partial charge in [-0.2, -0.15) is 4.31 Å². The zero-order chi connectivity index (χ0) is 32.8. The quantitative estimate of drug-likeness (QED) is 0.328. The molecule has 2 N–H and O–H groups in total. The molecule has 14 heteroatoms. The van der Waals surface area contributed by atoms with Gasteiger partial charge < -0.3 is 15.4 Å². The number of rotatable bonds is 12. The molecular weight excluding hydrogens is 629 g/mol. The van der Waals surface area contributed by atoms with E-state index in [0.29, 0.717) is 48.9 Å². The monoisotopic (exact) mass is 667 g/mol. The van der Waals surface area contributed by atoms with Crippen molar-refractivity contribution in [3.8, 4) is 0 Å². The summed E-state index contributed by atoms with van der Waals surface area (Å²) in [5.74, 6) is -0.378. The number of unbranched alkanes of at least 4 members (excludes halogenated alkanes) is 1. The third-order valence-electron chi connectivity index (χ3n) is 6.80. The molecule has 0 unspecified atom stereocenters. The molecule has 0 spiro atoms. The van der Waals surface area contributed by atoms with Gasteiger partial charge in [-0.1, -0.05) is 47.5 Å². The number of ether oxygens (including phenoxy) is 1. The van der Waals surface area contributed by atoms with Crippen LogP contribution < -0.4 is 5.73 Å². The molecule has 0 aliphatic carbocycles. The summed E-state index contributed by atoms with van der Waals surface area (Å²) in [6.45, 7) is 7.80. The Morgan fingerprint density at radius 3 is 2.34 bits per heavy atom. The first-order chi connectivity index (χ1) is 20.5. The number of primary amides is 1. The lowest BCUT2D eigenvalue weighted by Gasteiger charge is -2.25. The fourth-order valence-electron chi connectivity index (χ4n) is 4.50. The van der Waals surface area contributed by atoms with E-state index in [4.69, 9.17) is 33.7 Å². The number of amides is 3. The van der Waals surface area contributed by atoms with E-state index in [1.165, 1.54) is 17.0 Å². The minimum absolute atomic E-state index is 0.0200. The van der Waals surface area contributed by atoms with E-state index in [-0.39, 0.29) is 28.8 Å². The zero-order valence-corrected chi connectivity index (χ0v) is 27.9. The van der Waals surface area contributed by atoms with Crippen LogP contribution in [0.2, 0.25) is 10.0 Å². The number of nitrogens with two attached hydrogens (primary N) is 1. The van der Waals surface area contributed by atoms with Crippen LogP contribution in [0.4, 0.5) is 4.79 Å². The van der Waals surface area contributed by atoms with Crippen LogP contribution in [-0.2, 0) is 30.9 Å². The zero-order valence-electron chi connectivity index (χ0n) is 25.6. The van der Waals surface area contributed by atoms with Gasteiger partial charge in [0.05, 0.1) is 24.7 Å². The van der Waals surface area contributed by atoms with Crippen LogP contribution in [-0.4, -0.2) is 85.1 Å². The number of hydrogen-bond acceptors (Lipinski definition) is 7. The lowest BCUT2D eigenvalue weighted by molar-refractivity contribution is -0.130. The summed E-state index contributed by atoms with van der Waals surface area (Å²) in [6.07, 6.45) is 0.450. The van der Waals surface area contributed by atoms with Crippen molar-refractivity contribution in [2.24, 2.45) is 10.7 Å². The van der Waals surface area contributed by atoms with Gasteiger partial charge in [0.2, 0.25) is 21.8 Å². The second-order valence-electron chi connectivity index (χ2n) is 11.5. The molecule has 3 rings (SSSR count). The van der Waals surface area contributed by atoms with Gasteiger partial charge in [-0.05, 0) is 63.8 Å². The number of halogens is 2. The Bertz CT molecular complexity index is 1520. The molecule has 1 heterocycles. The Morgan fingerprint density at radius 2 is 1.73 bits per heavy atom. The van der Waals surface area contributed by atoms with Gasteiger partial charge in [0.15, 0.2) is 0 Å². The Morgan fingerprint density at radius 1 is 1.07 bits per heavy atom. The first-order valence-corrected chi connectivity index (χ1v) is 16.3. The highest BCUT2D eigenvalue weighted by Gasteiger charge is 2.30. The van der Waals surface area contributed by atoms with E-state index < -0.39 is 34.2 Å². The third kappa shape index (κ3) is 9.16. The van der Waals surface area contributed by atoms with Gasteiger partial charge in [-0.25, -0.2) is 13.2 Å². The number of benzene rings is 2. The SMILES string of the molecule is Cc1c(Cl)ccc(S(=O)(=O)N(CCCCC(=O)N(C)Cc2ccc(C3=NCCN3C(=O)OC(C)(C)C)cc2)CC(N)=O)c1Cl. The fraction of sp³-hybridized carbons (Fsp3) is 0.467. The van der Waals surface area contributed by atoms with E-state index in [2.05, 4.69) is 4.99 Å². The van der Waals surface area contributed by atoms with Crippen molar-refractivity contribution in [1.29, 1.82) is 0 Å². The molecule has 0 atom stereocenters. The highest BCUT2D eigenvalue weighted by molar-refractivity contribution is 7.89. The molecule has 1 aliphatic heterocycles. The first kappa shape index (κ1) is 35.3. The minimum atomic E-state index is -4.14. The summed E-state index contributed by atoms with van der Waals surface area (Å²) >= 11 is 12.3. The van der Waals surface area contributed by atoms with Gasteiger partial charge in [-0.3, -0.25) is 19.5 Å². The van der Waals surface area contributed by atoms with Crippen LogP contribution in [0.15, 0.2) is 46.3 Å². The first-order valence-electron chi connectivity index (χ1n) is 14.1. The number of amidine groups is 1. The van der Waals surface area contributed by atoms with Crippen molar-refractivity contribution < 1.29 is 27.5 Å². The second kappa shape index (κ2) is 14.7. The van der Waals surface area contributed by atoms with Gasteiger partial charge in [-0.15, -0.1) is 0 Å². The molecule has 44 heavy (non-hydrogen) atoms. The Kier molecular flexibility index (Phi) is 11.8. The van der Waals surface area contributed by atoms with Crippen LogP contribution in [0.3, 0.4) is 0 Å². The highest BCUT2D eigenvalue weighted by atomic mass is 35.5. The number of hydrogen-bond donors (Lipinski definition) is 1. The van der Waals surface area contributed by atoms with Crippen LogP contribution in [0, 0.1) is 6.92 Å². The van der Waals surface area contributed by atoms with Gasteiger partial charge in [0.1, 0.15) is 16.3 Å². The average molecular weight is 669 g/mol. The molecule has 1 aliphatic rings. The highest BCUT2D eigenvalue weighted by Crippen LogP contribution is 2.32. The van der Waals surface area contributed by atoms with Gasteiger partial charge in [0, 0.05) is 37.1 Å². The number of aliphatic imine (C=N–C) groups is 1. The molecule has 240 valence electrons. The van der Waals surface area contributed by atoms with Gasteiger partial charge in [0.25, 0.3) is 0 Å². The predicted octanol–water partition coefficient (Wildman–Crippen LogP) is 4.60. The molecule has 11 nitrogen and oxygen atoms in total. The summed E-state index contributed by atoms with van der Waals surface area (Å²) in [5.41, 5.74) is 6.78. The van der Waals surface area contributed by atoms with Crippen molar-refractivity contribution in [3.63, 3.8) is 0 Å². The van der Waals surface area contributed by atoms with Crippen molar-refractivity contribution >= 4 is 57.0 Å².